The van der Waals surface area contributed by atoms with Gasteiger partial charge in [-0.2, -0.15) is 26.3 Å². The fourth-order valence-corrected chi connectivity index (χ4v) is 5.69. The second-order valence-corrected chi connectivity index (χ2v) is 12.8. The van der Waals surface area contributed by atoms with Gasteiger partial charge < -0.3 is 14.7 Å². The number of halogens is 6. The Morgan fingerprint density at radius 2 is 1.35 bits per heavy atom. The Kier molecular flexibility index (Phi) is 8.49. The van der Waals surface area contributed by atoms with E-state index in [-0.39, 0.29) is 30.7 Å². The lowest BCUT2D eigenvalue weighted by atomic mass is 10.0. The first-order valence-corrected chi connectivity index (χ1v) is 15.4. The summed E-state index contributed by atoms with van der Waals surface area (Å²) in [5.74, 6) is 2.12. The molecule has 46 heavy (non-hydrogen) atoms. The summed E-state index contributed by atoms with van der Waals surface area (Å²) in [4.78, 5) is 19.9. The van der Waals surface area contributed by atoms with E-state index in [1.165, 1.54) is 0 Å². The van der Waals surface area contributed by atoms with E-state index in [2.05, 4.69) is 14.9 Å². The van der Waals surface area contributed by atoms with E-state index < -0.39 is 23.5 Å². The Hall–Kier alpha value is -4.09. The molecule has 0 atom stereocenters. The van der Waals surface area contributed by atoms with Crippen LogP contribution in [0.1, 0.15) is 53.5 Å². The molecule has 0 saturated heterocycles. The van der Waals surface area contributed by atoms with Crippen LogP contribution in [0.15, 0.2) is 54.9 Å². The third-order valence-corrected chi connectivity index (χ3v) is 8.56. The van der Waals surface area contributed by atoms with Crippen LogP contribution in [0.4, 0.5) is 43.8 Å². The van der Waals surface area contributed by atoms with Crippen molar-refractivity contribution in [3.05, 3.63) is 82.7 Å². The molecule has 2 saturated carbocycles. The molecule has 2 aliphatic carbocycles. The van der Waals surface area contributed by atoms with E-state index >= 15 is 0 Å². The van der Waals surface area contributed by atoms with Crippen LogP contribution >= 0.6 is 0 Å². The van der Waals surface area contributed by atoms with Crippen molar-refractivity contribution in [3.63, 3.8) is 0 Å². The first kappa shape index (κ1) is 31.9. The standard InChI is InChI=1S/C34H36F6N6/c1-21-5-4-6-25-13-26(31(43-30(21)25)45(17-22-7-8-22)18-23-9-10-23)20-46(32-41-15-29(16-42-32)44(2)3)19-24-11-27(33(35,36)37)14-28(12-24)34(38,39)40/h4-6,11-16,22-23H,7-10,17-20H2,1-3H3. The van der Waals surface area contributed by atoms with Crippen molar-refractivity contribution < 1.29 is 26.3 Å². The predicted molar refractivity (Wildman–Crippen MR) is 167 cm³/mol. The van der Waals surface area contributed by atoms with E-state index in [9.17, 15) is 26.3 Å². The number of anilines is 3. The zero-order valence-corrected chi connectivity index (χ0v) is 26.0. The fraction of sp³-hybridized carbons (Fsp3) is 0.441. The van der Waals surface area contributed by atoms with Crippen molar-refractivity contribution in [1.82, 2.24) is 15.0 Å². The number of fused-ring (bicyclic) bond motifs is 1. The van der Waals surface area contributed by atoms with Crippen LogP contribution in [-0.4, -0.2) is 42.1 Å². The Labute approximate surface area is 264 Å². The molecule has 0 amide bonds. The monoisotopic (exact) mass is 642 g/mol. The summed E-state index contributed by atoms with van der Waals surface area (Å²) in [5.41, 5.74) is 0.527. The summed E-state index contributed by atoms with van der Waals surface area (Å²) >= 11 is 0. The summed E-state index contributed by atoms with van der Waals surface area (Å²) in [7, 11) is 3.64. The molecule has 0 N–H and O–H groups in total. The minimum atomic E-state index is -4.95. The number of benzene rings is 2. The molecule has 6 nitrogen and oxygen atoms in total. The molecule has 2 fully saturated rings. The first-order chi connectivity index (χ1) is 21.7. The number of aryl methyl sites for hydroxylation is 1. The number of hydrogen-bond donors (Lipinski definition) is 0. The third kappa shape index (κ3) is 7.47. The largest absolute Gasteiger partial charge is 0.416 e. The van der Waals surface area contributed by atoms with E-state index in [0.29, 0.717) is 17.5 Å². The number of para-hydroxylation sites is 1. The molecule has 0 unspecified atom stereocenters. The highest BCUT2D eigenvalue weighted by Gasteiger charge is 2.37. The second-order valence-electron chi connectivity index (χ2n) is 12.8. The van der Waals surface area contributed by atoms with Crippen LogP contribution in [-0.2, 0) is 25.4 Å². The molecule has 0 bridgehead atoms. The molecule has 2 aromatic heterocycles. The van der Waals surface area contributed by atoms with Gasteiger partial charge in [-0.3, -0.25) is 0 Å². The topological polar surface area (TPSA) is 48.4 Å². The van der Waals surface area contributed by atoms with Gasteiger partial charge >= 0.3 is 12.4 Å². The summed E-state index contributed by atoms with van der Waals surface area (Å²) < 4.78 is 82.7. The summed E-state index contributed by atoms with van der Waals surface area (Å²) in [5, 5.41) is 0.902. The first-order valence-electron chi connectivity index (χ1n) is 15.4. The molecule has 0 radical (unpaired) electrons. The summed E-state index contributed by atoms with van der Waals surface area (Å²) in [6, 6.07) is 9.63. The van der Waals surface area contributed by atoms with Crippen LogP contribution in [0.25, 0.3) is 10.9 Å². The average Bonchev–Trinajstić information content (AvgIpc) is 3.93. The lowest BCUT2D eigenvalue weighted by Crippen LogP contribution is -2.32. The number of nitrogens with zero attached hydrogens (tertiary/aromatic N) is 6. The van der Waals surface area contributed by atoms with Crippen molar-refractivity contribution in [1.29, 1.82) is 0 Å². The Morgan fingerprint density at radius 1 is 0.761 bits per heavy atom. The van der Waals surface area contributed by atoms with Gasteiger partial charge in [0, 0.05) is 51.2 Å². The second kappa shape index (κ2) is 12.3. The van der Waals surface area contributed by atoms with Crippen molar-refractivity contribution in [3.8, 4) is 0 Å². The van der Waals surface area contributed by atoms with Gasteiger partial charge in [0.2, 0.25) is 5.95 Å². The Balaban J connectivity index is 1.46. The number of rotatable bonds is 11. The lowest BCUT2D eigenvalue weighted by Gasteiger charge is -2.30. The fourth-order valence-electron chi connectivity index (χ4n) is 5.69. The summed E-state index contributed by atoms with van der Waals surface area (Å²) in [6.07, 6.45) is -2.14. The van der Waals surface area contributed by atoms with Crippen LogP contribution in [0.3, 0.4) is 0 Å². The molecular formula is C34H36F6N6. The molecular weight excluding hydrogens is 606 g/mol. The molecule has 2 aliphatic rings. The van der Waals surface area contributed by atoms with E-state index in [1.807, 2.05) is 45.3 Å². The maximum Gasteiger partial charge on any atom is 0.416 e. The van der Waals surface area contributed by atoms with E-state index in [4.69, 9.17) is 4.98 Å². The minimum absolute atomic E-state index is 0.122. The molecule has 4 aromatic rings. The number of pyridine rings is 1. The Morgan fingerprint density at radius 3 is 1.87 bits per heavy atom. The van der Waals surface area contributed by atoms with Gasteiger partial charge in [0.15, 0.2) is 0 Å². The normalized spacial score (nSPS) is 15.3. The highest BCUT2D eigenvalue weighted by molar-refractivity contribution is 5.84. The molecule has 6 rings (SSSR count). The maximum atomic E-state index is 13.8. The van der Waals surface area contributed by atoms with Crippen molar-refractivity contribution in [2.75, 3.05) is 41.9 Å². The molecule has 0 spiro atoms. The van der Waals surface area contributed by atoms with Crippen molar-refractivity contribution in [2.45, 2.75) is 58.0 Å². The van der Waals surface area contributed by atoms with Gasteiger partial charge in [-0.15, -0.1) is 0 Å². The SMILES string of the molecule is Cc1cccc2cc(CN(Cc3cc(C(F)(F)F)cc(C(F)(F)F)c3)c3ncc(N(C)C)cn3)c(N(CC3CC3)CC3CC3)nc12. The number of hydrogen-bond acceptors (Lipinski definition) is 6. The molecule has 2 aromatic carbocycles. The molecule has 2 heterocycles. The number of alkyl halides is 6. The van der Waals surface area contributed by atoms with Gasteiger partial charge in [-0.25, -0.2) is 15.0 Å². The smallest absolute Gasteiger partial charge is 0.375 e. The van der Waals surface area contributed by atoms with Crippen LogP contribution in [0, 0.1) is 18.8 Å². The van der Waals surface area contributed by atoms with E-state index in [1.54, 1.807) is 22.2 Å². The van der Waals surface area contributed by atoms with Gasteiger partial charge in [-0.1, -0.05) is 18.2 Å². The van der Waals surface area contributed by atoms with Gasteiger partial charge in [0.05, 0.1) is 34.7 Å². The van der Waals surface area contributed by atoms with Crippen LogP contribution < -0.4 is 14.7 Å². The molecule has 244 valence electrons. The van der Waals surface area contributed by atoms with Crippen molar-refractivity contribution in [2.24, 2.45) is 11.8 Å². The minimum Gasteiger partial charge on any atom is -0.375 e. The quantitative estimate of drug-likeness (QED) is 0.154. The Bertz CT molecular complexity index is 1650. The van der Waals surface area contributed by atoms with Gasteiger partial charge in [0.25, 0.3) is 0 Å². The van der Waals surface area contributed by atoms with Gasteiger partial charge in [-0.05, 0) is 79.8 Å². The van der Waals surface area contributed by atoms with Crippen LogP contribution in [0.2, 0.25) is 0 Å². The zero-order valence-electron chi connectivity index (χ0n) is 26.0. The lowest BCUT2D eigenvalue weighted by molar-refractivity contribution is -0.143. The van der Waals surface area contributed by atoms with Gasteiger partial charge in [0.1, 0.15) is 5.82 Å². The highest BCUT2D eigenvalue weighted by Crippen LogP contribution is 2.39. The average molecular weight is 643 g/mol. The number of aromatic nitrogens is 3. The molecule has 12 heteroatoms. The third-order valence-electron chi connectivity index (χ3n) is 8.56. The van der Waals surface area contributed by atoms with Crippen LogP contribution in [0.5, 0.6) is 0 Å². The zero-order chi connectivity index (χ0) is 32.8. The summed E-state index contributed by atoms with van der Waals surface area (Å²) in [6.45, 7) is 3.54. The van der Waals surface area contributed by atoms with Crippen molar-refractivity contribution >= 4 is 28.4 Å². The highest BCUT2D eigenvalue weighted by atomic mass is 19.4. The maximum absolute atomic E-state index is 13.8. The predicted octanol–water partition coefficient (Wildman–Crippen LogP) is 8.27. The molecule has 0 aliphatic heterocycles. The van der Waals surface area contributed by atoms with E-state index in [0.717, 1.165) is 78.8 Å².